The first-order valence-electron chi connectivity index (χ1n) is 9.94. The number of fused-ring (bicyclic) bond motifs is 1. The molecular formula is C23H25ClN2O3S. The van der Waals surface area contributed by atoms with Gasteiger partial charge >= 0.3 is 0 Å². The highest BCUT2D eigenvalue weighted by molar-refractivity contribution is 7.89. The van der Waals surface area contributed by atoms with E-state index in [0.29, 0.717) is 19.6 Å². The molecule has 0 radical (unpaired) electrons. The van der Waals surface area contributed by atoms with Gasteiger partial charge in [-0.1, -0.05) is 61.8 Å². The summed E-state index contributed by atoms with van der Waals surface area (Å²) in [6.45, 7) is 6.51. The van der Waals surface area contributed by atoms with Crippen molar-refractivity contribution >= 4 is 44.0 Å². The summed E-state index contributed by atoms with van der Waals surface area (Å²) < 4.78 is 27.3. The molecule has 0 N–H and O–H groups in total. The largest absolute Gasteiger partial charge is 0.308 e. The van der Waals surface area contributed by atoms with Gasteiger partial charge in [0, 0.05) is 30.6 Å². The summed E-state index contributed by atoms with van der Waals surface area (Å²) in [5.74, 6) is -0.276. The van der Waals surface area contributed by atoms with E-state index in [1.54, 1.807) is 24.8 Å². The van der Waals surface area contributed by atoms with Crippen LogP contribution < -0.4 is 4.90 Å². The van der Waals surface area contributed by atoms with Crippen LogP contribution in [-0.4, -0.2) is 38.3 Å². The number of benzene rings is 3. The first-order valence-corrected chi connectivity index (χ1v) is 11.8. The maximum atomic E-state index is 13.4. The van der Waals surface area contributed by atoms with Gasteiger partial charge in [0.15, 0.2) is 0 Å². The zero-order chi connectivity index (χ0) is 21.9. The van der Waals surface area contributed by atoms with Crippen LogP contribution in [0.4, 0.5) is 5.69 Å². The van der Waals surface area contributed by atoms with Gasteiger partial charge in [0.25, 0.3) is 5.91 Å². The van der Waals surface area contributed by atoms with Crippen LogP contribution in [0.25, 0.3) is 10.8 Å². The monoisotopic (exact) mass is 444 g/mol. The van der Waals surface area contributed by atoms with Crippen molar-refractivity contribution in [2.75, 3.05) is 24.5 Å². The minimum absolute atomic E-state index is 0.0484. The lowest BCUT2D eigenvalue weighted by Crippen LogP contribution is -2.32. The van der Waals surface area contributed by atoms with E-state index >= 15 is 0 Å². The maximum absolute atomic E-state index is 13.4. The molecule has 0 aromatic heterocycles. The number of nitrogens with zero attached hydrogens (tertiary/aromatic N) is 2. The van der Waals surface area contributed by atoms with Crippen molar-refractivity contribution in [2.24, 2.45) is 0 Å². The average molecular weight is 445 g/mol. The van der Waals surface area contributed by atoms with E-state index in [0.717, 1.165) is 16.5 Å². The normalized spacial score (nSPS) is 11.8. The molecule has 0 bridgehead atoms. The van der Waals surface area contributed by atoms with Gasteiger partial charge in [-0.2, -0.15) is 4.31 Å². The topological polar surface area (TPSA) is 57.7 Å². The van der Waals surface area contributed by atoms with Crippen LogP contribution in [0.15, 0.2) is 65.6 Å². The molecule has 3 rings (SSSR count). The van der Waals surface area contributed by atoms with E-state index in [9.17, 15) is 13.2 Å². The van der Waals surface area contributed by atoms with Gasteiger partial charge in [0.05, 0.1) is 10.7 Å². The highest BCUT2D eigenvalue weighted by Gasteiger charge is 2.27. The molecule has 0 saturated carbocycles. The minimum Gasteiger partial charge on any atom is -0.308 e. The lowest BCUT2D eigenvalue weighted by molar-refractivity contribution is 0.0988. The molecule has 0 atom stereocenters. The van der Waals surface area contributed by atoms with Gasteiger partial charge in [0.1, 0.15) is 4.90 Å². The predicted octanol–water partition coefficient (Wildman–Crippen LogP) is 5.19. The Morgan fingerprint density at radius 2 is 1.57 bits per heavy atom. The molecule has 7 heteroatoms. The Hall–Kier alpha value is -2.41. The van der Waals surface area contributed by atoms with E-state index in [1.165, 1.54) is 16.4 Å². The zero-order valence-electron chi connectivity index (χ0n) is 17.3. The number of carbonyl (C=O) groups excluding carboxylic acids is 1. The van der Waals surface area contributed by atoms with Crippen LogP contribution in [-0.2, 0) is 10.0 Å². The number of rotatable bonds is 7. The standard InChI is InChI=1S/C23H25ClN2O3S/c1-4-25(5-2)30(28,29)22-16-18(14-15-20(22)24)23(27)26(6-3)21-13-9-11-17-10-7-8-12-19(17)21/h7-16H,4-6H2,1-3H3. The molecule has 0 unspecified atom stereocenters. The summed E-state index contributed by atoms with van der Waals surface area (Å²) in [5.41, 5.74) is 1.06. The average Bonchev–Trinajstić information content (AvgIpc) is 2.75. The van der Waals surface area contributed by atoms with E-state index in [2.05, 4.69) is 0 Å². The van der Waals surface area contributed by atoms with Crippen molar-refractivity contribution in [3.63, 3.8) is 0 Å². The molecular weight excluding hydrogens is 420 g/mol. The quantitative estimate of drug-likeness (QED) is 0.503. The van der Waals surface area contributed by atoms with Crippen LogP contribution in [0, 0.1) is 0 Å². The molecule has 0 aliphatic heterocycles. The SMILES string of the molecule is CCN(C(=O)c1ccc(Cl)c(S(=O)(=O)N(CC)CC)c1)c1cccc2ccccc12. The van der Waals surface area contributed by atoms with Crippen molar-refractivity contribution in [3.05, 3.63) is 71.2 Å². The third-order valence-electron chi connectivity index (χ3n) is 5.12. The fourth-order valence-corrected chi connectivity index (χ4v) is 5.52. The number of hydrogen-bond acceptors (Lipinski definition) is 3. The second-order valence-corrected chi connectivity index (χ2v) is 9.10. The Morgan fingerprint density at radius 3 is 2.23 bits per heavy atom. The van der Waals surface area contributed by atoms with Crippen molar-refractivity contribution in [3.8, 4) is 0 Å². The van der Waals surface area contributed by atoms with Gasteiger partial charge in [-0.3, -0.25) is 4.79 Å². The third kappa shape index (κ3) is 4.08. The number of amides is 1. The summed E-state index contributed by atoms with van der Waals surface area (Å²) in [4.78, 5) is 15.0. The number of anilines is 1. The Kier molecular flexibility index (Phi) is 6.81. The fraction of sp³-hybridized carbons (Fsp3) is 0.261. The number of halogens is 1. The van der Waals surface area contributed by atoms with E-state index in [1.807, 2.05) is 49.4 Å². The second-order valence-electron chi connectivity index (χ2n) is 6.78. The number of carbonyl (C=O) groups is 1. The summed E-state index contributed by atoms with van der Waals surface area (Å²) in [5, 5.41) is 2.09. The molecule has 0 aliphatic carbocycles. The number of hydrogen-bond donors (Lipinski definition) is 0. The summed E-state index contributed by atoms with van der Waals surface area (Å²) in [6.07, 6.45) is 0. The first kappa shape index (κ1) is 22.3. The second kappa shape index (κ2) is 9.16. The summed E-state index contributed by atoms with van der Waals surface area (Å²) in [6, 6.07) is 18.1. The van der Waals surface area contributed by atoms with E-state index in [-0.39, 0.29) is 21.4 Å². The van der Waals surface area contributed by atoms with Crippen molar-refractivity contribution in [1.29, 1.82) is 0 Å². The highest BCUT2D eigenvalue weighted by atomic mass is 35.5. The van der Waals surface area contributed by atoms with E-state index in [4.69, 9.17) is 11.6 Å². The van der Waals surface area contributed by atoms with Crippen LogP contribution in [0.1, 0.15) is 31.1 Å². The van der Waals surface area contributed by atoms with Crippen LogP contribution in [0.5, 0.6) is 0 Å². The lowest BCUT2D eigenvalue weighted by Gasteiger charge is -2.24. The van der Waals surface area contributed by atoms with Gasteiger partial charge < -0.3 is 4.90 Å². The van der Waals surface area contributed by atoms with Crippen LogP contribution in [0.2, 0.25) is 5.02 Å². The smallest absolute Gasteiger partial charge is 0.258 e. The van der Waals surface area contributed by atoms with Gasteiger partial charge in [-0.15, -0.1) is 0 Å². The van der Waals surface area contributed by atoms with Crippen LogP contribution >= 0.6 is 11.6 Å². The molecule has 5 nitrogen and oxygen atoms in total. The summed E-state index contributed by atoms with van der Waals surface area (Å²) in [7, 11) is -3.79. The predicted molar refractivity (Wildman–Crippen MR) is 123 cm³/mol. The third-order valence-corrected chi connectivity index (χ3v) is 7.65. The molecule has 0 fully saturated rings. The zero-order valence-corrected chi connectivity index (χ0v) is 18.9. The Balaban J connectivity index is 2.08. The molecule has 158 valence electrons. The molecule has 3 aromatic carbocycles. The minimum atomic E-state index is -3.79. The highest BCUT2D eigenvalue weighted by Crippen LogP contribution is 2.30. The molecule has 0 aliphatic rings. The van der Waals surface area contributed by atoms with Gasteiger partial charge in [-0.25, -0.2) is 8.42 Å². The summed E-state index contributed by atoms with van der Waals surface area (Å²) >= 11 is 6.22. The molecule has 0 saturated heterocycles. The van der Waals surface area contributed by atoms with Crippen molar-refractivity contribution in [2.45, 2.75) is 25.7 Å². The molecule has 3 aromatic rings. The van der Waals surface area contributed by atoms with Gasteiger partial charge in [-0.05, 0) is 36.6 Å². The fourth-order valence-electron chi connectivity index (χ4n) is 3.56. The first-order chi connectivity index (χ1) is 14.3. The van der Waals surface area contributed by atoms with Crippen molar-refractivity contribution in [1.82, 2.24) is 4.31 Å². The van der Waals surface area contributed by atoms with Gasteiger partial charge in [0.2, 0.25) is 10.0 Å². The molecule has 30 heavy (non-hydrogen) atoms. The Bertz CT molecular complexity index is 1170. The maximum Gasteiger partial charge on any atom is 0.258 e. The lowest BCUT2D eigenvalue weighted by atomic mass is 10.1. The Morgan fingerprint density at radius 1 is 0.900 bits per heavy atom. The molecule has 0 heterocycles. The molecule has 1 amide bonds. The van der Waals surface area contributed by atoms with Crippen LogP contribution in [0.3, 0.4) is 0 Å². The number of sulfonamides is 1. The Labute approximate surface area is 182 Å². The van der Waals surface area contributed by atoms with E-state index < -0.39 is 10.0 Å². The van der Waals surface area contributed by atoms with Crippen molar-refractivity contribution < 1.29 is 13.2 Å². The molecule has 0 spiro atoms.